The Hall–Kier alpha value is -1.77. The molecule has 2 N–H and O–H groups in total. The van der Waals surface area contributed by atoms with E-state index in [1.807, 2.05) is 50.3 Å². The molecule has 0 bridgehead atoms. The van der Waals surface area contributed by atoms with Crippen LogP contribution in [0.4, 0.5) is 4.79 Å². The molecule has 0 aromatic heterocycles. The van der Waals surface area contributed by atoms with Gasteiger partial charge in [-0.05, 0) is 25.5 Å². The molecule has 15 heavy (non-hydrogen) atoms. The monoisotopic (exact) mass is 204 g/mol. The molecule has 3 nitrogen and oxygen atoms in total. The molecular weight excluding hydrogens is 188 g/mol. The van der Waals surface area contributed by atoms with Crippen molar-refractivity contribution in [1.29, 1.82) is 0 Å². The van der Waals surface area contributed by atoms with Gasteiger partial charge < -0.3 is 10.6 Å². The van der Waals surface area contributed by atoms with Gasteiger partial charge in [-0.15, -0.1) is 0 Å². The number of nitrogens with one attached hydrogen (secondary N) is 2. The van der Waals surface area contributed by atoms with E-state index < -0.39 is 0 Å². The van der Waals surface area contributed by atoms with Crippen molar-refractivity contribution in [3.8, 4) is 0 Å². The van der Waals surface area contributed by atoms with E-state index in [1.54, 1.807) is 6.20 Å². The van der Waals surface area contributed by atoms with Crippen LogP contribution in [0.3, 0.4) is 0 Å². The van der Waals surface area contributed by atoms with Crippen LogP contribution in [0.2, 0.25) is 0 Å². The van der Waals surface area contributed by atoms with Gasteiger partial charge in [-0.1, -0.05) is 30.3 Å². The molecule has 0 aliphatic carbocycles. The molecule has 0 aliphatic heterocycles. The van der Waals surface area contributed by atoms with E-state index >= 15 is 0 Å². The molecule has 0 heterocycles. The molecule has 0 unspecified atom stereocenters. The zero-order valence-corrected chi connectivity index (χ0v) is 9.03. The van der Waals surface area contributed by atoms with Gasteiger partial charge in [-0.25, -0.2) is 4.79 Å². The minimum absolute atomic E-state index is 0.148. The topological polar surface area (TPSA) is 41.1 Å². The standard InChI is InChI=1S/C12H16N2O/c1-10(2)14-12(15)13-9-8-11-6-4-3-5-7-11/h3-10H,1-2H3,(H2,13,14,15)/b9-8+. The smallest absolute Gasteiger partial charge is 0.318 e. The van der Waals surface area contributed by atoms with Crippen LogP contribution in [-0.2, 0) is 0 Å². The van der Waals surface area contributed by atoms with Crippen LogP contribution >= 0.6 is 0 Å². The lowest BCUT2D eigenvalue weighted by molar-refractivity contribution is 0.242. The van der Waals surface area contributed by atoms with Gasteiger partial charge in [0.05, 0.1) is 0 Å². The first kappa shape index (κ1) is 11.3. The Morgan fingerprint density at radius 3 is 2.53 bits per heavy atom. The summed E-state index contributed by atoms with van der Waals surface area (Å²) in [5.74, 6) is 0. The van der Waals surface area contributed by atoms with Crippen molar-refractivity contribution < 1.29 is 4.79 Å². The summed E-state index contributed by atoms with van der Waals surface area (Å²) in [6.45, 7) is 3.83. The molecule has 0 atom stereocenters. The van der Waals surface area contributed by atoms with Crippen molar-refractivity contribution in [1.82, 2.24) is 10.6 Å². The molecule has 3 heteroatoms. The van der Waals surface area contributed by atoms with Gasteiger partial charge in [0, 0.05) is 12.2 Å². The van der Waals surface area contributed by atoms with Crippen molar-refractivity contribution in [3.05, 3.63) is 42.1 Å². The summed E-state index contributed by atoms with van der Waals surface area (Å²) in [5, 5.41) is 5.36. The lowest BCUT2D eigenvalue weighted by Crippen LogP contribution is -2.36. The molecular formula is C12H16N2O. The van der Waals surface area contributed by atoms with Crippen molar-refractivity contribution in [2.24, 2.45) is 0 Å². The summed E-state index contributed by atoms with van der Waals surface area (Å²) in [5.41, 5.74) is 1.06. The summed E-state index contributed by atoms with van der Waals surface area (Å²) in [7, 11) is 0. The summed E-state index contributed by atoms with van der Waals surface area (Å²) in [6, 6.07) is 9.77. The number of hydrogen-bond acceptors (Lipinski definition) is 1. The molecule has 0 spiro atoms. The van der Waals surface area contributed by atoms with E-state index in [0.29, 0.717) is 0 Å². The Morgan fingerprint density at radius 2 is 1.93 bits per heavy atom. The highest BCUT2D eigenvalue weighted by molar-refractivity contribution is 5.76. The third-order valence-corrected chi connectivity index (χ3v) is 1.71. The maximum Gasteiger partial charge on any atom is 0.318 e. The summed E-state index contributed by atoms with van der Waals surface area (Å²) in [4.78, 5) is 11.2. The second-order valence-corrected chi connectivity index (χ2v) is 3.52. The summed E-state index contributed by atoms with van der Waals surface area (Å²) >= 11 is 0. The van der Waals surface area contributed by atoms with Crippen LogP contribution in [0.1, 0.15) is 19.4 Å². The largest absolute Gasteiger partial charge is 0.336 e. The minimum Gasteiger partial charge on any atom is -0.336 e. The molecule has 0 saturated carbocycles. The van der Waals surface area contributed by atoms with E-state index in [-0.39, 0.29) is 12.1 Å². The predicted octanol–water partition coefficient (Wildman–Crippen LogP) is 2.36. The molecule has 1 aromatic rings. The first-order chi connectivity index (χ1) is 7.18. The fraction of sp³-hybridized carbons (Fsp3) is 0.250. The fourth-order valence-electron chi connectivity index (χ4n) is 1.08. The molecule has 0 radical (unpaired) electrons. The zero-order valence-electron chi connectivity index (χ0n) is 9.03. The number of benzene rings is 1. The van der Waals surface area contributed by atoms with Gasteiger partial charge >= 0.3 is 6.03 Å². The first-order valence-corrected chi connectivity index (χ1v) is 4.97. The Balaban J connectivity index is 2.37. The van der Waals surface area contributed by atoms with Crippen LogP contribution in [0.15, 0.2) is 36.5 Å². The second kappa shape index (κ2) is 5.86. The van der Waals surface area contributed by atoms with Crippen molar-refractivity contribution >= 4 is 12.1 Å². The van der Waals surface area contributed by atoms with E-state index in [1.165, 1.54) is 0 Å². The Kier molecular flexibility index (Phi) is 4.41. The van der Waals surface area contributed by atoms with Crippen molar-refractivity contribution in [2.45, 2.75) is 19.9 Å². The first-order valence-electron chi connectivity index (χ1n) is 4.97. The number of urea groups is 1. The van der Waals surface area contributed by atoms with E-state index in [4.69, 9.17) is 0 Å². The van der Waals surface area contributed by atoms with Gasteiger partial charge in [-0.2, -0.15) is 0 Å². The normalized spacial score (nSPS) is 10.6. The van der Waals surface area contributed by atoms with Crippen LogP contribution in [0, 0.1) is 0 Å². The number of carbonyl (C=O) groups excluding carboxylic acids is 1. The van der Waals surface area contributed by atoms with E-state index in [0.717, 1.165) is 5.56 Å². The second-order valence-electron chi connectivity index (χ2n) is 3.52. The summed E-state index contributed by atoms with van der Waals surface area (Å²) < 4.78 is 0. The lowest BCUT2D eigenvalue weighted by Gasteiger charge is -2.06. The molecule has 0 saturated heterocycles. The lowest BCUT2D eigenvalue weighted by atomic mass is 10.2. The number of amides is 2. The average molecular weight is 204 g/mol. The third-order valence-electron chi connectivity index (χ3n) is 1.71. The maximum atomic E-state index is 11.2. The zero-order chi connectivity index (χ0) is 11.1. The Morgan fingerprint density at radius 1 is 1.27 bits per heavy atom. The van der Waals surface area contributed by atoms with E-state index in [9.17, 15) is 4.79 Å². The van der Waals surface area contributed by atoms with Crippen LogP contribution in [0.5, 0.6) is 0 Å². The minimum atomic E-state index is -0.183. The molecule has 1 aromatic carbocycles. The predicted molar refractivity (Wildman–Crippen MR) is 62.3 cm³/mol. The third kappa shape index (κ3) is 4.86. The molecule has 0 aliphatic rings. The van der Waals surface area contributed by atoms with Crippen LogP contribution in [-0.4, -0.2) is 12.1 Å². The van der Waals surface area contributed by atoms with Gasteiger partial charge in [0.15, 0.2) is 0 Å². The molecule has 2 amide bonds. The van der Waals surface area contributed by atoms with E-state index in [2.05, 4.69) is 10.6 Å². The van der Waals surface area contributed by atoms with Gasteiger partial charge in [-0.3, -0.25) is 0 Å². The van der Waals surface area contributed by atoms with Crippen LogP contribution < -0.4 is 10.6 Å². The van der Waals surface area contributed by atoms with Crippen molar-refractivity contribution in [2.75, 3.05) is 0 Å². The molecule has 1 rings (SSSR count). The quantitative estimate of drug-likeness (QED) is 0.779. The van der Waals surface area contributed by atoms with Gasteiger partial charge in [0.25, 0.3) is 0 Å². The fourth-order valence-corrected chi connectivity index (χ4v) is 1.08. The number of hydrogen-bond donors (Lipinski definition) is 2. The average Bonchev–Trinajstić information content (AvgIpc) is 2.18. The highest BCUT2D eigenvalue weighted by atomic mass is 16.2. The summed E-state index contributed by atoms with van der Waals surface area (Å²) in [6.07, 6.45) is 3.48. The SMILES string of the molecule is CC(C)NC(=O)N/C=C/c1ccccc1. The number of rotatable bonds is 3. The Labute approximate surface area is 90.2 Å². The maximum absolute atomic E-state index is 11.2. The van der Waals surface area contributed by atoms with Crippen molar-refractivity contribution in [3.63, 3.8) is 0 Å². The Bertz CT molecular complexity index is 331. The molecule has 80 valence electrons. The van der Waals surface area contributed by atoms with Gasteiger partial charge in [0.2, 0.25) is 0 Å². The molecule has 0 fully saturated rings. The highest BCUT2D eigenvalue weighted by Gasteiger charge is 1.97. The number of carbonyl (C=O) groups is 1. The van der Waals surface area contributed by atoms with Crippen LogP contribution in [0.25, 0.3) is 6.08 Å². The van der Waals surface area contributed by atoms with Gasteiger partial charge in [0.1, 0.15) is 0 Å². The highest BCUT2D eigenvalue weighted by Crippen LogP contribution is 1.99.